The van der Waals surface area contributed by atoms with Crippen molar-refractivity contribution >= 4 is 17.6 Å². The summed E-state index contributed by atoms with van der Waals surface area (Å²) in [5, 5.41) is 0. The molecule has 2 aliphatic heterocycles. The molecule has 2 fully saturated rings. The highest BCUT2D eigenvalue weighted by Gasteiger charge is 2.29. The van der Waals surface area contributed by atoms with Gasteiger partial charge in [-0.15, -0.1) is 0 Å². The summed E-state index contributed by atoms with van der Waals surface area (Å²) in [5.41, 5.74) is 5.97. The predicted octanol–water partition coefficient (Wildman–Crippen LogP) is 1.58. The summed E-state index contributed by atoms with van der Waals surface area (Å²) in [5.74, 6) is 2.31. The monoisotopic (exact) mass is 304 g/mol. The van der Waals surface area contributed by atoms with Crippen LogP contribution in [0, 0.1) is 0 Å². The highest BCUT2D eigenvalue weighted by Crippen LogP contribution is 2.26. The Bertz CT molecular complexity index is 501. The molecule has 6 heteroatoms. The molecule has 0 unspecified atom stereocenters. The van der Waals surface area contributed by atoms with E-state index in [0.29, 0.717) is 12.0 Å². The fraction of sp³-hybridized carbons (Fsp3) is 0.750. The minimum absolute atomic E-state index is 0.381. The standard InChI is InChI=1S/C16H28N6/c1-3-20(4-2)14-11-15(19-16(17)18-14)22-10-6-9-21-8-5-7-13(21)12-22/h11,13H,3-10,12H2,1-2H3,(H2,17,18,19)/t13-/m0/s1. The molecule has 1 aromatic rings. The maximum Gasteiger partial charge on any atom is 0.223 e. The molecule has 3 heterocycles. The molecular formula is C16H28N6. The van der Waals surface area contributed by atoms with Gasteiger partial charge in [0.2, 0.25) is 5.95 Å². The number of aromatic nitrogens is 2. The van der Waals surface area contributed by atoms with Crippen LogP contribution in [0.15, 0.2) is 6.07 Å². The van der Waals surface area contributed by atoms with Crippen LogP contribution in [0.4, 0.5) is 17.6 Å². The third-order valence-electron chi connectivity index (χ3n) is 4.93. The molecule has 6 nitrogen and oxygen atoms in total. The molecule has 0 amide bonds. The second kappa shape index (κ2) is 6.69. The van der Waals surface area contributed by atoms with Crippen molar-refractivity contribution in [2.45, 2.75) is 39.2 Å². The number of nitrogen functional groups attached to an aromatic ring is 1. The van der Waals surface area contributed by atoms with Crippen molar-refractivity contribution in [1.82, 2.24) is 14.9 Å². The number of nitrogens with two attached hydrogens (primary N) is 1. The number of fused-ring (bicyclic) bond motifs is 1. The van der Waals surface area contributed by atoms with Gasteiger partial charge < -0.3 is 15.5 Å². The molecular weight excluding hydrogens is 276 g/mol. The minimum atomic E-state index is 0.381. The van der Waals surface area contributed by atoms with Crippen LogP contribution in [0.1, 0.15) is 33.1 Å². The maximum absolute atomic E-state index is 5.97. The topological polar surface area (TPSA) is 61.5 Å². The second-order valence-corrected chi connectivity index (χ2v) is 6.25. The Morgan fingerprint density at radius 2 is 1.95 bits per heavy atom. The summed E-state index contributed by atoms with van der Waals surface area (Å²) < 4.78 is 0. The summed E-state index contributed by atoms with van der Waals surface area (Å²) in [7, 11) is 0. The van der Waals surface area contributed by atoms with Crippen LogP contribution in [-0.4, -0.2) is 60.2 Å². The van der Waals surface area contributed by atoms with Crippen molar-refractivity contribution < 1.29 is 0 Å². The Kier molecular flexibility index (Phi) is 4.66. The van der Waals surface area contributed by atoms with Crippen LogP contribution in [0.25, 0.3) is 0 Å². The fourth-order valence-electron chi connectivity index (χ4n) is 3.73. The first-order valence-corrected chi connectivity index (χ1v) is 8.59. The molecule has 2 saturated heterocycles. The van der Waals surface area contributed by atoms with Gasteiger partial charge in [-0.25, -0.2) is 0 Å². The molecule has 0 spiro atoms. The van der Waals surface area contributed by atoms with Gasteiger partial charge in [0.05, 0.1) is 0 Å². The lowest BCUT2D eigenvalue weighted by Crippen LogP contribution is -2.37. The third kappa shape index (κ3) is 3.11. The van der Waals surface area contributed by atoms with E-state index in [1.807, 2.05) is 0 Å². The molecule has 2 N–H and O–H groups in total. The first-order valence-electron chi connectivity index (χ1n) is 8.59. The number of rotatable bonds is 4. The molecule has 1 atom stereocenters. The Hall–Kier alpha value is -1.56. The van der Waals surface area contributed by atoms with E-state index in [4.69, 9.17) is 5.73 Å². The van der Waals surface area contributed by atoms with E-state index in [9.17, 15) is 0 Å². The molecule has 0 saturated carbocycles. The summed E-state index contributed by atoms with van der Waals surface area (Å²) in [6.45, 7) is 10.7. The van der Waals surface area contributed by atoms with E-state index in [1.165, 1.54) is 32.4 Å². The minimum Gasteiger partial charge on any atom is -0.368 e. The zero-order valence-electron chi connectivity index (χ0n) is 13.8. The van der Waals surface area contributed by atoms with Crippen molar-refractivity contribution in [2.75, 3.05) is 54.8 Å². The molecule has 3 rings (SSSR count). The van der Waals surface area contributed by atoms with Crippen LogP contribution in [0.3, 0.4) is 0 Å². The van der Waals surface area contributed by atoms with Gasteiger partial charge >= 0.3 is 0 Å². The van der Waals surface area contributed by atoms with Crippen LogP contribution in [0.5, 0.6) is 0 Å². The van der Waals surface area contributed by atoms with Gasteiger partial charge in [0.25, 0.3) is 0 Å². The van der Waals surface area contributed by atoms with E-state index in [0.717, 1.165) is 37.8 Å². The fourth-order valence-corrected chi connectivity index (χ4v) is 3.73. The predicted molar refractivity (Wildman–Crippen MR) is 91.4 cm³/mol. The van der Waals surface area contributed by atoms with E-state index in [-0.39, 0.29) is 0 Å². The van der Waals surface area contributed by atoms with Crippen LogP contribution in [-0.2, 0) is 0 Å². The highest BCUT2D eigenvalue weighted by atomic mass is 15.3. The molecule has 1 aromatic heterocycles. The van der Waals surface area contributed by atoms with Gasteiger partial charge in [-0.05, 0) is 39.7 Å². The Morgan fingerprint density at radius 1 is 1.18 bits per heavy atom. The highest BCUT2D eigenvalue weighted by molar-refractivity contribution is 5.54. The van der Waals surface area contributed by atoms with E-state index < -0.39 is 0 Å². The Balaban J connectivity index is 1.83. The van der Waals surface area contributed by atoms with Crippen LogP contribution in [0.2, 0.25) is 0 Å². The number of hydrogen-bond acceptors (Lipinski definition) is 6. The molecule has 0 aliphatic carbocycles. The van der Waals surface area contributed by atoms with E-state index in [2.05, 4.69) is 44.6 Å². The Morgan fingerprint density at radius 3 is 2.73 bits per heavy atom. The normalized spacial score (nSPS) is 22.5. The van der Waals surface area contributed by atoms with Gasteiger partial charge in [0.1, 0.15) is 11.6 Å². The van der Waals surface area contributed by atoms with Gasteiger partial charge in [-0.1, -0.05) is 0 Å². The molecule has 22 heavy (non-hydrogen) atoms. The SMILES string of the molecule is CCN(CC)c1cc(N2CCCN3CCC[C@H]3C2)nc(N)n1. The van der Waals surface area contributed by atoms with Gasteiger partial charge in [0.15, 0.2) is 0 Å². The van der Waals surface area contributed by atoms with Gasteiger partial charge in [0, 0.05) is 44.8 Å². The zero-order chi connectivity index (χ0) is 15.5. The molecule has 122 valence electrons. The quantitative estimate of drug-likeness (QED) is 0.911. The second-order valence-electron chi connectivity index (χ2n) is 6.25. The summed E-state index contributed by atoms with van der Waals surface area (Å²) in [6, 6.07) is 2.78. The van der Waals surface area contributed by atoms with Crippen molar-refractivity contribution in [3.63, 3.8) is 0 Å². The summed E-state index contributed by atoms with van der Waals surface area (Å²) in [4.78, 5) is 16.2. The van der Waals surface area contributed by atoms with E-state index >= 15 is 0 Å². The number of anilines is 3. The molecule has 0 radical (unpaired) electrons. The summed E-state index contributed by atoms with van der Waals surface area (Å²) in [6.07, 6.45) is 3.83. The smallest absolute Gasteiger partial charge is 0.223 e. The molecule has 0 aromatic carbocycles. The first-order chi connectivity index (χ1) is 10.7. The van der Waals surface area contributed by atoms with Crippen molar-refractivity contribution in [3.05, 3.63) is 6.07 Å². The van der Waals surface area contributed by atoms with Crippen LogP contribution >= 0.6 is 0 Å². The van der Waals surface area contributed by atoms with Gasteiger partial charge in [-0.2, -0.15) is 9.97 Å². The zero-order valence-corrected chi connectivity index (χ0v) is 13.8. The maximum atomic E-state index is 5.97. The number of hydrogen-bond donors (Lipinski definition) is 1. The first kappa shape index (κ1) is 15.3. The average molecular weight is 304 g/mol. The lowest BCUT2D eigenvalue weighted by molar-refractivity contribution is 0.273. The van der Waals surface area contributed by atoms with Gasteiger partial charge in [-0.3, -0.25) is 4.90 Å². The summed E-state index contributed by atoms with van der Waals surface area (Å²) >= 11 is 0. The number of nitrogens with zero attached hydrogens (tertiary/aromatic N) is 5. The van der Waals surface area contributed by atoms with E-state index in [1.54, 1.807) is 0 Å². The van der Waals surface area contributed by atoms with Crippen molar-refractivity contribution in [1.29, 1.82) is 0 Å². The Labute approximate surface area is 133 Å². The lowest BCUT2D eigenvalue weighted by atomic mass is 10.2. The largest absolute Gasteiger partial charge is 0.368 e. The molecule has 2 aliphatic rings. The van der Waals surface area contributed by atoms with Crippen molar-refractivity contribution in [3.8, 4) is 0 Å². The molecule has 0 bridgehead atoms. The van der Waals surface area contributed by atoms with Crippen molar-refractivity contribution in [2.24, 2.45) is 0 Å². The average Bonchev–Trinajstić information content (AvgIpc) is 2.85. The van der Waals surface area contributed by atoms with Crippen LogP contribution < -0.4 is 15.5 Å². The third-order valence-corrected chi connectivity index (χ3v) is 4.93. The lowest BCUT2D eigenvalue weighted by Gasteiger charge is -2.28.